The largest absolute Gasteiger partial charge is 0.309 e. The molecule has 0 bridgehead atoms. The molecule has 0 N–H and O–H groups in total. The van der Waals surface area contributed by atoms with Gasteiger partial charge in [0.2, 0.25) is 0 Å². The first-order valence-electron chi connectivity index (χ1n) is 21.0. The highest BCUT2D eigenvalue weighted by Gasteiger charge is 2.24. The van der Waals surface area contributed by atoms with Crippen LogP contribution in [0, 0.1) is 0 Å². The maximum absolute atomic E-state index is 2.52. The molecule has 0 aliphatic carbocycles. The van der Waals surface area contributed by atoms with Crippen LogP contribution in [0.5, 0.6) is 0 Å². The van der Waals surface area contributed by atoms with Crippen molar-refractivity contribution < 1.29 is 0 Å². The van der Waals surface area contributed by atoms with Crippen LogP contribution in [-0.2, 0) is 10.8 Å². The summed E-state index contributed by atoms with van der Waals surface area (Å²) < 4.78 is 10.4. The second kappa shape index (κ2) is 12.7. The number of para-hydroxylation sites is 2. The molecule has 0 saturated heterocycles. The molecular weight excluding hydrogens is 765 g/mol. The number of aromatic nitrogens is 2. The van der Waals surface area contributed by atoms with E-state index in [4.69, 9.17) is 0 Å². The van der Waals surface area contributed by atoms with Gasteiger partial charge in [0.25, 0.3) is 0 Å². The molecule has 4 heterocycles. The van der Waals surface area contributed by atoms with Gasteiger partial charge < -0.3 is 9.13 Å². The van der Waals surface area contributed by atoms with Crippen molar-refractivity contribution in [3.05, 3.63) is 169 Å². The summed E-state index contributed by atoms with van der Waals surface area (Å²) in [6, 6.07) is 59.8. The second-order valence-electron chi connectivity index (χ2n) is 18.6. The number of thiophene rings is 2. The van der Waals surface area contributed by atoms with Gasteiger partial charge in [0.15, 0.2) is 0 Å². The zero-order valence-electron chi connectivity index (χ0n) is 34.7. The third-order valence-electron chi connectivity index (χ3n) is 12.8. The minimum absolute atomic E-state index is 0.0137. The smallest absolute Gasteiger partial charge is 0.0647 e. The van der Waals surface area contributed by atoms with Crippen LogP contribution in [0.4, 0.5) is 0 Å². The molecule has 0 amide bonds. The molecule has 4 heteroatoms. The van der Waals surface area contributed by atoms with Crippen molar-refractivity contribution in [2.45, 2.75) is 52.4 Å². The number of rotatable bonds is 3. The molecule has 0 fully saturated rings. The Hall–Kier alpha value is -6.20. The fourth-order valence-corrected chi connectivity index (χ4v) is 12.4. The van der Waals surface area contributed by atoms with Crippen LogP contribution >= 0.6 is 22.7 Å². The van der Waals surface area contributed by atoms with Crippen LogP contribution < -0.4 is 0 Å². The third kappa shape index (κ3) is 5.23. The first-order valence-corrected chi connectivity index (χ1v) is 22.6. The Balaban J connectivity index is 1.17. The van der Waals surface area contributed by atoms with Gasteiger partial charge >= 0.3 is 0 Å². The van der Waals surface area contributed by atoms with E-state index in [9.17, 15) is 0 Å². The van der Waals surface area contributed by atoms with Gasteiger partial charge in [0.1, 0.15) is 0 Å². The van der Waals surface area contributed by atoms with Crippen LogP contribution in [0.25, 0.3) is 106 Å². The van der Waals surface area contributed by atoms with E-state index >= 15 is 0 Å². The van der Waals surface area contributed by atoms with E-state index in [1.54, 1.807) is 0 Å². The van der Waals surface area contributed by atoms with E-state index in [0.717, 1.165) is 0 Å². The highest BCUT2D eigenvalue weighted by molar-refractivity contribution is 7.26. The minimum atomic E-state index is 0.0137. The average molecular weight is 809 g/mol. The quantitative estimate of drug-likeness (QED) is 0.168. The van der Waals surface area contributed by atoms with Crippen molar-refractivity contribution in [1.29, 1.82) is 0 Å². The average Bonchev–Trinajstić information content (AvgIpc) is 3.99. The van der Waals surface area contributed by atoms with Crippen LogP contribution in [0.3, 0.4) is 0 Å². The van der Waals surface area contributed by atoms with Gasteiger partial charge in [-0.15, -0.1) is 22.7 Å². The van der Waals surface area contributed by atoms with E-state index in [1.807, 2.05) is 22.7 Å². The van der Waals surface area contributed by atoms with Gasteiger partial charge in [0, 0.05) is 62.9 Å². The summed E-state index contributed by atoms with van der Waals surface area (Å²) in [6.45, 7) is 13.9. The number of hydrogen-bond donors (Lipinski definition) is 0. The standard InChI is InChI=1S/C56H44N2S2/c1-55(2,3)35-23-26-48-42(31-35)39-25-22-33(29-49(39)57(48)36-24-27-52-43(32-36)40-16-9-12-21-51(40)59-52)34-28-44-41-17-13-18-45(56(4,5)6)53(41)60-54(44)50(30-34)58-46-19-10-7-14-37(46)38-15-8-11-20-47(38)58/h7-32H,1-6H3. The molecule has 0 spiro atoms. The highest BCUT2D eigenvalue weighted by Crippen LogP contribution is 2.47. The molecule has 290 valence electrons. The van der Waals surface area contributed by atoms with Crippen LogP contribution in [-0.4, -0.2) is 9.13 Å². The summed E-state index contributed by atoms with van der Waals surface area (Å²) >= 11 is 3.82. The Morgan fingerprint density at radius 1 is 0.367 bits per heavy atom. The first kappa shape index (κ1) is 35.7. The van der Waals surface area contributed by atoms with Crippen molar-refractivity contribution in [2.75, 3.05) is 0 Å². The molecule has 0 unspecified atom stereocenters. The van der Waals surface area contributed by atoms with Crippen molar-refractivity contribution in [3.8, 4) is 22.5 Å². The molecule has 0 aliphatic rings. The van der Waals surface area contributed by atoms with Gasteiger partial charge in [-0.3, -0.25) is 0 Å². The van der Waals surface area contributed by atoms with Gasteiger partial charge in [-0.1, -0.05) is 133 Å². The normalized spacial score (nSPS) is 12.8. The summed E-state index contributed by atoms with van der Waals surface area (Å²) in [4.78, 5) is 0. The van der Waals surface area contributed by atoms with E-state index in [0.29, 0.717) is 0 Å². The lowest BCUT2D eigenvalue weighted by Crippen LogP contribution is -2.10. The lowest BCUT2D eigenvalue weighted by atomic mass is 9.86. The van der Waals surface area contributed by atoms with Gasteiger partial charge in [-0.25, -0.2) is 0 Å². The summed E-state index contributed by atoms with van der Waals surface area (Å²) in [5, 5.41) is 10.4. The zero-order valence-corrected chi connectivity index (χ0v) is 36.4. The van der Waals surface area contributed by atoms with E-state index in [2.05, 4.69) is 208 Å². The Bertz CT molecular complexity index is 3690. The predicted octanol–water partition coefficient (Wildman–Crippen LogP) is 16.9. The van der Waals surface area contributed by atoms with Crippen molar-refractivity contribution in [3.63, 3.8) is 0 Å². The minimum Gasteiger partial charge on any atom is -0.309 e. The lowest BCUT2D eigenvalue weighted by molar-refractivity contribution is 0.591. The zero-order chi connectivity index (χ0) is 40.7. The predicted molar refractivity (Wildman–Crippen MR) is 264 cm³/mol. The Morgan fingerprint density at radius 2 is 1.03 bits per heavy atom. The summed E-state index contributed by atoms with van der Waals surface area (Å²) in [5.41, 5.74) is 12.5. The Morgan fingerprint density at radius 3 is 1.78 bits per heavy atom. The summed E-state index contributed by atoms with van der Waals surface area (Å²) in [5.74, 6) is 0. The van der Waals surface area contributed by atoms with Gasteiger partial charge in [-0.05, 0) is 99.8 Å². The molecule has 12 aromatic rings. The Labute approximate surface area is 357 Å². The maximum Gasteiger partial charge on any atom is 0.0647 e. The van der Waals surface area contributed by atoms with E-state index in [1.165, 1.54) is 118 Å². The number of hydrogen-bond acceptors (Lipinski definition) is 2. The van der Waals surface area contributed by atoms with Crippen LogP contribution in [0.1, 0.15) is 52.7 Å². The monoisotopic (exact) mass is 808 g/mol. The third-order valence-corrected chi connectivity index (χ3v) is 15.2. The molecule has 0 atom stereocenters. The number of benzene rings is 8. The van der Waals surface area contributed by atoms with Crippen LogP contribution in [0.15, 0.2) is 158 Å². The molecule has 12 rings (SSSR count). The van der Waals surface area contributed by atoms with Crippen molar-refractivity contribution in [2.24, 2.45) is 0 Å². The molecule has 4 aromatic heterocycles. The van der Waals surface area contributed by atoms with Gasteiger partial charge in [-0.2, -0.15) is 0 Å². The van der Waals surface area contributed by atoms with E-state index in [-0.39, 0.29) is 10.8 Å². The molecule has 0 saturated carbocycles. The van der Waals surface area contributed by atoms with Crippen molar-refractivity contribution >= 4 is 107 Å². The molecule has 60 heavy (non-hydrogen) atoms. The molecule has 2 nitrogen and oxygen atoms in total. The highest BCUT2D eigenvalue weighted by atomic mass is 32.1. The maximum atomic E-state index is 2.52. The van der Waals surface area contributed by atoms with Gasteiger partial charge in [0.05, 0.1) is 32.5 Å². The summed E-state index contributed by atoms with van der Waals surface area (Å²) in [6.07, 6.45) is 0. The van der Waals surface area contributed by atoms with E-state index < -0.39 is 0 Å². The van der Waals surface area contributed by atoms with Crippen LogP contribution in [0.2, 0.25) is 0 Å². The SMILES string of the molecule is CC(C)(C)c1ccc2c(c1)c1ccc(-c3cc(-n4c5ccccc5c5ccccc54)c4sc5c(C(C)(C)C)cccc5c4c3)cc1n2-c1ccc2sc3ccccc3c2c1. The second-order valence-corrected chi connectivity index (χ2v) is 20.7. The molecule has 0 radical (unpaired) electrons. The lowest BCUT2D eigenvalue weighted by Gasteiger charge is -2.19. The number of nitrogens with zero attached hydrogens (tertiary/aromatic N) is 2. The Kier molecular flexibility index (Phi) is 7.53. The summed E-state index contributed by atoms with van der Waals surface area (Å²) in [7, 11) is 0. The topological polar surface area (TPSA) is 9.86 Å². The van der Waals surface area contributed by atoms with Crippen molar-refractivity contribution in [1.82, 2.24) is 9.13 Å². The molecule has 0 aliphatic heterocycles. The molecule has 8 aromatic carbocycles. The number of fused-ring (bicyclic) bond motifs is 12. The fourth-order valence-electron chi connectivity index (χ4n) is 9.79. The first-order chi connectivity index (χ1) is 29.0. The molecular formula is C56H44N2S2. The fraction of sp³-hybridized carbons (Fsp3) is 0.143.